The molecule has 0 aliphatic carbocycles. The van der Waals surface area contributed by atoms with Crippen molar-refractivity contribution >= 4 is 5.95 Å². The van der Waals surface area contributed by atoms with Crippen LogP contribution in [0, 0.1) is 0 Å². The maximum atomic E-state index is 11.3. The zero-order chi connectivity index (χ0) is 14.2. The first-order valence-corrected chi connectivity index (χ1v) is 5.84. The molecule has 1 aromatic rings. The molecule has 2 rings (SSSR count). The molecular weight excluding hydrogens is 254 g/mol. The van der Waals surface area contributed by atoms with Gasteiger partial charge in [-0.15, -0.1) is 0 Å². The molecule has 0 bridgehead atoms. The third-order valence-corrected chi connectivity index (χ3v) is 3.01. The first-order valence-electron chi connectivity index (χ1n) is 5.84. The van der Waals surface area contributed by atoms with Crippen LogP contribution in [-0.4, -0.2) is 63.9 Å². The Morgan fingerprint density at radius 3 is 2.63 bits per heavy atom. The average Bonchev–Trinajstić information content (AvgIpc) is 2.66. The molecule has 19 heavy (non-hydrogen) atoms. The summed E-state index contributed by atoms with van der Waals surface area (Å²) in [7, 11) is 3.39. The number of nitrogens with zero attached hydrogens (tertiary/aromatic N) is 3. The molecule has 0 spiro atoms. The molecule has 1 saturated heterocycles. The molecular formula is C11H17N3O5. The maximum absolute atomic E-state index is 11.3. The van der Waals surface area contributed by atoms with E-state index in [0.717, 1.165) is 0 Å². The smallest absolute Gasteiger partial charge is 0.274 e. The fraction of sp³-hybridized carbons (Fsp3) is 0.636. The monoisotopic (exact) mass is 271 g/mol. The average molecular weight is 271 g/mol. The number of rotatable bonds is 3. The summed E-state index contributed by atoms with van der Waals surface area (Å²) in [6.45, 7) is -0.403. The number of hydrogen-bond donors (Lipinski definition) is 3. The van der Waals surface area contributed by atoms with Crippen LogP contribution in [-0.2, 0) is 4.74 Å². The number of anilines is 1. The van der Waals surface area contributed by atoms with Crippen molar-refractivity contribution in [2.75, 3.05) is 25.6 Å². The van der Waals surface area contributed by atoms with Crippen molar-refractivity contribution in [3.63, 3.8) is 0 Å². The van der Waals surface area contributed by atoms with E-state index in [1.165, 1.54) is 16.8 Å². The Morgan fingerprint density at radius 2 is 2.11 bits per heavy atom. The molecule has 1 fully saturated rings. The Morgan fingerprint density at radius 1 is 1.42 bits per heavy atom. The van der Waals surface area contributed by atoms with Crippen molar-refractivity contribution in [2.45, 2.75) is 24.5 Å². The van der Waals surface area contributed by atoms with Crippen LogP contribution < -0.4 is 10.5 Å². The van der Waals surface area contributed by atoms with E-state index in [1.807, 2.05) is 0 Å². The van der Waals surface area contributed by atoms with Gasteiger partial charge in [0.25, 0.3) is 5.56 Å². The second kappa shape index (κ2) is 5.25. The fourth-order valence-corrected chi connectivity index (χ4v) is 2.04. The number of aliphatic hydroxyl groups excluding tert-OH is 3. The summed E-state index contributed by atoms with van der Waals surface area (Å²) >= 11 is 0. The highest BCUT2D eigenvalue weighted by Gasteiger charge is 2.43. The van der Waals surface area contributed by atoms with E-state index in [9.17, 15) is 15.0 Å². The first-order chi connectivity index (χ1) is 8.95. The molecule has 0 unspecified atom stereocenters. The minimum atomic E-state index is -1.21. The molecule has 0 saturated carbocycles. The van der Waals surface area contributed by atoms with Gasteiger partial charge in [0.1, 0.15) is 18.3 Å². The summed E-state index contributed by atoms with van der Waals surface area (Å²) in [6, 6.07) is 1.24. The first kappa shape index (κ1) is 13.9. The summed E-state index contributed by atoms with van der Waals surface area (Å²) in [4.78, 5) is 16.7. The maximum Gasteiger partial charge on any atom is 0.274 e. The van der Waals surface area contributed by atoms with E-state index >= 15 is 0 Å². The summed E-state index contributed by atoms with van der Waals surface area (Å²) in [6.07, 6.45) is -2.73. The number of aliphatic hydroxyl groups is 3. The minimum absolute atomic E-state index is 0.294. The third-order valence-electron chi connectivity index (χ3n) is 3.01. The molecule has 3 N–H and O–H groups in total. The topological polar surface area (TPSA) is 108 Å². The van der Waals surface area contributed by atoms with Gasteiger partial charge in [-0.25, -0.2) is 0 Å². The Labute approximate surface area is 109 Å². The van der Waals surface area contributed by atoms with Crippen LogP contribution in [0.25, 0.3) is 0 Å². The van der Waals surface area contributed by atoms with E-state index in [0.29, 0.717) is 5.95 Å². The Balaban J connectivity index is 2.40. The van der Waals surface area contributed by atoms with Crippen LogP contribution in [0.2, 0.25) is 0 Å². The molecule has 0 amide bonds. The van der Waals surface area contributed by atoms with Gasteiger partial charge in [-0.2, -0.15) is 4.98 Å². The fourth-order valence-electron chi connectivity index (χ4n) is 2.04. The van der Waals surface area contributed by atoms with Gasteiger partial charge in [-0.05, 0) is 0 Å². The van der Waals surface area contributed by atoms with Crippen molar-refractivity contribution < 1.29 is 20.1 Å². The SMILES string of the molecule is CN(C)c1nc(=O)ccn1[C@@H]1O[C@H](CO)[C@@H](O)[C@H]1O. The predicted molar refractivity (Wildman–Crippen MR) is 65.8 cm³/mol. The number of aromatic nitrogens is 2. The zero-order valence-corrected chi connectivity index (χ0v) is 10.7. The minimum Gasteiger partial charge on any atom is -0.394 e. The molecule has 4 atom stereocenters. The van der Waals surface area contributed by atoms with Crippen LogP contribution in [0.5, 0.6) is 0 Å². The summed E-state index contributed by atoms with van der Waals surface area (Å²) in [5, 5.41) is 28.7. The van der Waals surface area contributed by atoms with Crippen LogP contribution in [0.1, 0.15) is 6.23 Å². The molecule has 0 radical (unpaired) electrons. The van der Waals surface area contributed by atoms with Gasteiger partial charge in [0.2, 0.25) is 5.95 Å². The number of ether oxygens (including phenoxy) is 1. The quantitative estimate of drug-likeness (QED) is 0.579. The lowest BCUT2D eigenvalue weighted by molar-refractivity contribution is -0.0526. The third kappa shape index (κ3) is 2.47. The summed E-state index contributed by atoms with van der Waals surface area (Å²) in [5.74, 6) is 0.294. The summed E-state index contributed by atoms with van der Waals surface area (Å²) < 4.78 is 6.85. The van der Waals surface area contributed by atoms with Gasteiger partial charge in [-0.3, -0.25) is 9.36 Å². The largest absolute Gasteiger partial charge is 0.394 e. The van der Waals surface area contributed by atoms with E-state index in [1.54, 1.807) is 19.0 Å². The number of hydrogen-bond acceptors (Lipinski definition) is 7. The van der Waals surface area contributed by atoms with Crippen LogP contribution in [0.15, 0.2) is 17.1 Å². The second-order valence-corrected chi connectivity index (χ2v) is 4.60. The molecule has 0 aromatic carbocycles. The van der Waals surface area contributed by atoms with Crippen LogP contribution in [0.4, 0.5) is 5.95 Å². The normalized spacial score (nSPS) is 30.6. The van der Waals surface area contributed by atoms with Crippen LogP contribution >= 0.6 is 0 Å². The van der Waals surface area contributed by atoms with Crippen molar-refractivity contribution in [1.29, 1.82) is 0 Å². The highest BCUT2D eigenvalue weighted by molar-refractivity contribution is 5.28. The highest BCUT2D eigenvalue weighted by Crippen LogP contribution is 2.30. The van der Waals surface area contributed by atoms with E-state index < -0.39 is 36.7 Å². The van der Waals surface area contributed by atoms with E-state index in [2.05, 4.69) is 4.98 Å². The predicted octanol–water partition coefficient (Wildman–Crippen LogP) is -2.08. The lowest BCUT2D eigenvalue weighted by atomic mass is 10.1. The zero-order valence-electron chi connectivity index (χ0n) is 10.7. The van der Waals surface area contributed by atoms with E-state index in [4.69, 9.17) is 9.84 Å². The van der Waals surface area contributed by atoms with Crippen LogP contribution in [0.3, 0.4) is 0 Å². The molecule has 1 aliphatic rings. The molecule has 106 valence electrons. The van der Waals surface area contributed by atoms with Gasteiger partial charge in [0, 0.05) is 26.4 Å². The van der Waals surface area contributed by atoms with Gasteiger partial charge in [0.05, 0.1) is 6.61 Å². The highest BCUT2D eigenvalue weighted by atomic mass is 16.6. The molecule has 8 heteroatoms. The van der Waals surface area contributed by atoms with Gasteiger partial charge >= 0.3 is 0 Å². The Bertz CT molecular complexity index is 503. The van der Waals surface area contributed by atoms with Crippen molar-refractivity contribution in [2.24, 2.45) is 0 Å². The molecule has 1 aromatic heterocycles. The Kier molecular flexibility index (Phi) is 3.85. The molecule has 1 aliphatic heterocycles. The van der Waals surface area contributed by atoms with Crippen molar-refractivity contribution in [1.82, 2.24) is 9.55 Å². The van der Waals surface area contributed by atoms with Gasteiger partial charge in [0.15, 0.2) is 6.23 Å². The van der Waals surface area contributed by atoms with Gasteiger partial charge < -0.3 is 25.0 Å². The van der Waals surface area contributed by atoms with Gasteiger partial charge in [-0.1, -0.05) is 0 Å². The second-order valence-electron chi connectivity index (χ2n) is 4.60. The molecule has 8 nitrogen and oxygen atoms in total. The summed E-state index contributed by atoms with van der Waals surface area (Å²) in [5.41, 5.74) is -0.410. The van der Waals surface area contributed by atoms with E-state index in [-0.39, 0.29) is 0 Å². The molecule has 2 heterocycles. The Hall–Kier alpha value is -1.48. The lowest BCUT2D eigenvalue weighted by Gasteiger charge is -2.24. The lowest BCUT2D eigenvalue weighted by Crippen LogP contribution is -2.34. The standard InChI is InChI=1S/C11H17N3O5/c1-13(2)11-12-7(16)3-4-14(11)10-9(18)8(17)6(5-15)19-10/h3-4,6,8-10,15,17-18H,5H2,1-2H3/t6-,8-,9-,10-/m1/s1. The van der Waals surface area contributed by atoms with Crippen molar-refractivity contribution in [3.05, 3.63) is 22.6 Å². The van der Waals surface area contributed by atoms with Crippen molar-refractivity contribution in [3.8, 4) is 0 Å².